The number of amides is 1. The highest BCUT2D eigenvalue weighted by Crippen LogP contribution is 2.38. The van der Waals surface area contributed by atoms with Crippen LogP contribution in [0.15, 0.2) is 24.5 Å². The molecule has 1 aromatic rings. The van der Waals surface area contributed by atoms with E-state index in [2.05, 4.69) is 4.98 Å². The molecule has 0 spiro atoms. The third-order valence-corrected chi connectivity index (χ3v) is 5.19. The molecule has 1 unspecified atom stereocenters. The minimum absolute atomic E-state index is 0.146. The van der Waals surface area contributed by atoms with E-state index >= 15 is 0 Å². The maximum absolute atomic E-state index is 13.0. The number of carboxylic acid groups (broad SMARTS) is 1. The molecule has 1 aliphatic rings. The van der Waals surface area contributed by atoms with Crippen molar-refractivity contribution in [1.82, 2.24) is 9.88 Å². The second-order valence-corrected chi connectivity index (χ2v) is 8.00. The number of ether oxygens (including phenoxy) is 1. The van der Waals surface area contributed by atoms with Crippen LogP contribution in [-0.4, -0.2) is 46.2 Å². The molecule has 138 valence electrons. The number of nitrogens with zero attached hydrogens (tertiary/aromatic N) is 2. The van der Waals surface area contributed by atoms with Gasteiger partial charge in [0, 0.05) is 25.5 Å². The van der Waals surface area contributed by atoms with Crippen LogP contribution in [-0.2, 0) is 16.0 Å². The van der Waals surface area contributed by atoms with E-state index in [0.717, 1.165) is 5.56 Å². The first-order valence-electron chi connectivity index (χ1n) is 8.72. The Morgan fingerprint density at radius 1 is 1.36 bits per heavy atom. The van der Waals surface area contributed by atoms with Crippen LogP contribution in [0.5, 0.6) is 0 Å². The van der Waals surface area contributed by atoms with Crippen molar-refractivity contribution < 1.29 is 19.4 Å². The van der Waals surface area contributed by atoms with Crippen LogP contribution in [0.2, 0.25) is 0 Å². The average molecular weight is 348 g/mol. The van der Waals surface area contributed by atoms with Crippen LogP contribution in [0.1, 0.15) is 46.1 Å². The predicted octanol–water partition coefficient (Wildman–Crippen LogP) is 3.36. The number of piperidine rings is 1. The molecule has 0 saturated carbocycles. The number of esters is 1. The Morgan fingerprint density at radius 2 is 2.00 bits per heavy atom. The van der Waals surface area contributed by atoms with Gasteiger partial charge in [-0.05, 0) is 43.2 Å². The van der Waals surface area contributed by atoms with Crippen molar-refractivity contribution in [3.8, 4) is 0 Å². The van der Waals surface area contributed by atoms with Crippen molar-refractivity contribution in [2.24, 2.45) is 10.8 Å². The van der Waals surface area contributed by atoms with Gasteiger partial charge in [0.25, 0.3) is 0 Å². The van der Waals surface area contributed by atoms with Gasteiger partial charge in [0.15, 0.2) is 0 Å². The summed E-state index contributed by atoms with van der Waals surface area (Å²) < 4.78 is 5.80. The Kier molecular flexibility index (Phi) is 5.70. The summed E-state index contributed by atoms with van der Waals surface area (Å²) in [4.78, 5) is 29.7. The number of pyridine rings is 1. The van der Waals surface area contributed by atoms with Gasteiger partial charge >= 0.3 is 12.1 Å². The summed E-state index contributed by atoms with van der Waals surface area (Å²) in [7, 11) is 0. The molecule has 1 amide bonds. The fraction of sp³-hybridized carbons (Fsp3) is 0.632. The molecule has 6 nitrogen and oxygen atoms in total. The standard InChI is InChI=1S/C19H28N2O4/c1-14(18(2,3)4)25-16(22)19(12-15-6-5-9-20-13-15)7-10-21(11-8-19)17(23)24/h5-6,9,13-14H,7-8,10-12H2,1-4H3,(H,23,24). The maximum atomic E-state index is 13.0. The molecule has 1 fully saturated rings. The molecule has 2 rings (SSSR count). The summed E-state index contributed by atoms with van der Waals surface area (Å²) >= 11 is 0. The van der Waals surface area contributed by atoms with Gasteiger partial charge in [-0.25, -0.2) is 4.79 Å². The van der Waals surface area contributed by atoms with E-state index in [9.17, 15) is 14.7 Å². The molecule has 1 aromatic heterocycles. The molecule has 0 radical (unpaired) electrons. The molecule has 6 heteroatoms. The highest BCUT2D eigenvalue weighted by Gasteiger charge is 2.45. The Hall–Kier alpha value is -2.11. The Morgan fingerprint density at radius 3 is 2.48 bits per heavy atom. The van der Waals surface area contributed by atoms with Crippen molar-refractivity contribution in [2.45, 2.75) is 53.1 Å². The molecule has 2 heterocycles. The summed E-state index contributed by atoms with van der Waals surface area (Å²) in [6, 6.07) is 3.79. The smallest absolute Gasteiger partial charge is 0.407 e. The van der Waals surface area contributed by atoms with Gasteiger partial charge in [0.1, 0.15) is 6.10 Å². The molecule has 1 atom stereocenters. The summed E-state index contributed by atoms with van der Waals surface area (Å²) in [6.07, 6.45) is 3.74. The van der Waals surface area contributed by atoms with Crippen molar-refractivity contribution in [3.63, 3.8) is 0 Å². The second-order valence-electron chi connectivity index (χ2n) is 8.00. The number of hydrogen-bond donors (Lipinski definition) is 1. The SMILES string of the molecule is CC(OC(=O)C1(Cc2cccnc2)CCN(C(=O)O)CC1)C(C)(C)C. The minimum atomic E-state index is -0.939. The highest BCUT2D eigenvalue weighted by atomic mass is 16.5. The zero-order valence-electron chi connectivity index (χ0n) is 15.5. The van der Waals surface area contributed by atoms with Crippen LogP contribution in [0, 0.1) is 10.8 Å². The third-order valence-electron chi connectivity index (χ3n) is 5.19. The fourth-order valence-corrected chi connectivity index (χ4v) is 2.93. The zero-order chi connectivity index (χ0) is 18.7. The first-order chi connectivity index (χ1) is 11.6. The lowest BCUT2D eigenvalue weighted by Gasteiger charge is -2.40. The number of hydrogen-bond acceptors (Lipinski definition) is 4. The van der Waals surface area contributed by atoms with Crippen molar-refractivity contribution in [2.75, 3.05) is 13.1 Å². The first-order valence-corrected chi connectivity index (χ1v) is 8.72. The Balaban J connectivity index is 2.20. The minimum Gasteiger partial charge on any atom is -0.465 e. The van der Waals surface area contributed by atoms with Crippen LogP contribution < -0.4 is 0 Å². The van der Waals surface area contributed by atoms with Crippen LogP contribution in [0.4, 0.5) is 4.79 Å². The topological polar surface area (TPSA) is 79.7 Å². The van der Waals surface area contributed by atoms with Crippen LogP contribution >= 0.6 is 0 Å². The van der Waals surface area contributed by atoms with E-state index in [0.29, 0.717) is 32.4 Å². The molecule has 1 saturated heterocycles. The van der Waals surface area contributed by atoms with Gasteiger partial charge in [0.05, 0.1) is 5.41 Å². The van der Waals surface area contributed by atoms with Crippen LogP contribution in [0.25, 0.3) is 0 Å². The van der Waals surface area contributed by atoms with Crippen LogP contribution in [0.3, 0.4) is 0 Å². The van der Waals surface area contributed by atoms with Gasteiger partial charge in [-0.3, -0.25) is 9.78 Å². The number of aromatic nitrogens is 1. The molecule has 0 aromatic carbocycles. The third kappa shape index (κ3) is 4.71. The molecule has 1 N–H and O–H groups in total. The van der Waals surface area contributed by atoms with Gasteiger partial charge in [-0.1, -0.05) is 26.8 Å². The summed E-state index contributed by atoms with van der Waals surface area (Å²) in [5.74, 6) is -0.233. The lowest BCUT2D eigenvalue weighted by atomic mass is 9.74. The first kappa shape index (κ1) is 19.2. The quantitative estimate of drug-likeness (QED) is 0.844. The van der Waals surface area contributed by atoms with E-state index < -0.39 is 11.5 Å². The molecular formula is C19H28N2O4. The lowest BCUT2D eigenvalue weighted by molar-refractivity contribution is -0.169. The molecule has 25 heavy (non-hydrogen) atoms. The zero-order valence-corrected chi connectivity index (χ0v) is 15.5. The summed E-state index contributed by atoms with van der Waals surface area (Å²) in [5, 5.41) is 9.19. The number of rotatable bonds is 4. The normalized spacial score (nSPS) is 18.5. The molecule has 0 aliphatic carbocycles. The van der Waals surface area contributed by atoms with Gasteiger partial charge in [0.2, 0.25) is 0 Å². The van der Waals surface area contributed by atoms with Crippen molar-refractivity contribution in [3.05, 3.63) is 30.1 Å². The largest absolute Gasteiger partial charge is 0.465 e. The summed E-state index contributed by atoms with van der Waals surface area (Å²) in [5.41, 5.74) is 0.119. The van der Waals surface area contributed by atoms with Crippen molar-refractivity contribution >= 4 is 12.1 Å². The number of carbonyl (C=O) groups excluding carboxylic acids is 1. The molecular weight excluding hydrogens is 320 g/mol. The van der Waals surface area contributed by atoms with Gasteiger partial charge < -0.3 is 14.7 Å². The van der Waals surface area contributed by atoms with Gasteiger partial charge in [-0.15, -0.1) is 0 Å². The monoisotopic (exact) mass is 348 g/mol. The Labute approximate surface area is 149 Å². The lowest BCUT2D eigenvalue weighted by Crippen LogP contribution is -2.49. The van der Waals surface area contributed by atoms with E-state index in [1.807, 2.05) is 39.8 Å². The van der Waals surface area contributed by atoms with Gasteiger partial charge in [-0.2, -0.15) is 0 Å². The van der Waals surface area contributed by atoms with E-state index in [4.69, 9.17) is 4.74 Å². The fourth-order valence-electron chi connectivity index (χ4n) is 2.93. The van der Waals surface area contributed by atoms with E-state index in [1.165, 1.54) is 4.90 Å². The van der Waals surface area contributed by atoms with E-state index in [-0.39, 0.29) is 17.5 Å². The Bertz CT molecular complexity index is 602. The number of likely N-dealkylation sites (tertiary alicyclic amines) is 1. The second kappa shape index (κ2) is 7.42. The molecule has 1 aliphatic heterocycles. The molecule has 0 bridgehead atoms. The van der Waals surface area contributed by atoms with Crippen molar-refractivity contribution in [1.29, 1.82) is 0 Å². The maximum Gasteiger partial charge on any atom is 0.407 e. The number of carbonyl (C=O) groups is 2. The average Bonchev–Trinajstić information content (AvgIpc) is 2.55. The summed E-state index contributed by atoms with van der Waals surface area (Å²) in [6.45, 7) is 8.69. The predicted molar refractivity (Wildman–Crippen MR) is 94.2 cm³/mol. The van der Waals surface area contributed by atoms with E-state index in [1.54, 1.807) is 12.4 Å². The highest BCUT2D eigenvalue weighted by molar-refractivity contribution is 5.78.